The third kappa shape index (κ3) is 5.05. The number of benzene rings is 2. The highest BCUT2D eigenvalue weighted by Crippen LogP contribution is 2.26. The van der Waals surface area contributed by atoms with Crippen LogP contribution in [0.25, 0.3) is 0 Å². The van der Waals surface area contributed by atoms with Crippen LogP contribution in [0.5, 0.6) is 0 Å². The molecule has 0 bridgehead atoms. The molecule has 4 nitrogen and oxygen atoms in total. The summed E-state index contributed by atoms with van der Waals surface area (Å²) in [5.74, 6) is -1.20. The van der Waals surface area contributed by atoms with Crippen LogP contribution in [0.15, 0.2) is 78.2 Å². The summed E-state index contributed by atoms with van der Waals surface area (Å²) in [6.45, 7) is 0.242. The molecular weight excluding hydrogens is 358 g/mol. The largest absolute Gasteiger partial charge is 0.455 e. The highest BCUT2D eigenvalue weighted by atomic mass is 32.1. The maximum Gasteiger partial charge on any atom is 0.318 e. The van der Waals surface area contributed by atoms with E-state index in [1.165, 1.54) is 0 Å². The fourth-order valence-corrected chi connectivity index (χ4v) is 3.56. The van der Waals surface area contributed by atoms with Crippen molar-refractivity contribution >= 4 is 23.2 Å². The van der Waals surface area contributed by atoms with E-state index in [1.807, 2.05) is 78.2 Å². The molecule has 0 spiro atoms. The SMILES string of the molecule is CN(Cc1cccs1)C(=O)COC(=O)C(c1ccccc1)c1ccccc1. The number of ether oxygens (including phenoxy) is 1. The number of hydrogen-bond acceptors (Lipinski definition) is 4. The van der Waals surface area contributed by atoms with Crippen LogP contribution in [0.4, 0.5) is 0 Å². The molecule has 0 saturated heterocycles. The third-order valence-corrected chi connectivity index (χ3v) is 5.10. The molecule has 0 aliphatic heterocycles. The molecule has 0 unspecified atom stereocenters. The minimum absolute atomic E-state index is 0.225. The zero-order chi connectivity index (χ0) is 19.1. The first-order valence-corrected chi connectivity index (χ1v) is 9.56. The monoisotopic (exact) mass is 379 g/mol. The smallest absolute Gasteiger partial charge is 0.318 e. The van der Waals surface area contributed by atoms with E-state index in [2.05, 4.69) is 0 Å². The van der Waals surface area contributed by atoms with Gasteiger partial charge in [0.1, 0.15) is 5.92 Å². The summed E-state index contributed by atoms with van der Waals surface area (Å²) in [7, 11) is 1.71. The molecule has 138 valence electrons. The number of thiophene rings is 1. The predicted octanol–water partition coefficient (Wildman–Crippen LogP) is 4.08. The highest BCUT2D eigenvalue weighted by molar-refractivity contribution is 7.09. The van der Waals surface area contributed by atoms with Crippen LogP contribution in [0.1, 0.15) is 21.9 Å². The van der Waals surface area contributed by atoms with Gasteiger partial charge in [-0.2, -0.15) is 0 Å². The van der Waals surface area contributed by atoms with Crippen LogP contribution in [0.2, 0.25) is 0 Å². The van der Waals surface area contributed by atoms with Gasteiger partial charge in [0.25, 0.3) is 5.91 Å². The molecule has 0 N–H and O–H groups in total. The number of hydrogen-bond donors (Lipinski definition) is 0. The van der Waals surface area contributed by atoms with Gasteiger partial charge in [-0.1, -0.05) is 66.7 Å². The van der Waals surface area contributed by atoms with E-state index >= 15 is 0 Å². The zero-order valence-corrected chi connectivity index (χ0v) is 15.9. The van der Waals surface area contributed by atoms with E-state index in [0.29, 0.717) is 6.54 Å². The Morgan fingerprint density at radius 3 is 2.04 bits per heavy atom. The second kappa shape index (κ2) is 9.14. The summed E-state index contributed by atoms with van der Waals surface area (Å²) in [4.78, 5) is 27.8. The van der Waals surface area contributed by atoms with Gasteiger partial charge in [0.15, 0.2) is 6.61 Å². The van der Waals surface area contributed by atoms with E-state index in [0.717, 1.165) is 16.0 Å². The first kappa shape index (κ1) is 18.9. The molecule has 3 rings (SSSR count). The van der Waals surface area contributed by atoms with Crippen LogP contribution in [0, 0.1) is 0 Å². The Hall–Kier alpha value is -2.92. The fraction of sp³-hybridized carbons (Fsp3) is 0.182. The topological polar surface area (TPSA) is 46.6 Å². The second-order valence-corrected chi connectivity index (χ2v) is 7.22. The number of esters is 1. The standard InChI is InChI=1S/C22H21NO3S/c1-23(15-19-13-8-14-27-19)20(24)16-26-22(25)21(17-9-4-2-5-10-17)18-11-6-3-7-12-18/h2-14,21H,15-16H2,1H3. The molecule has 0 aliphatic carbocycles. The Morgan fingerprint density at radius 2 is 1.52 bits per heavy atom. The van der Waals surface area contributed by atoms with E-state index in [1.54, 1.807) is 23.3 Å². The van der Waals surface area contributed by atoms with Crippen LogP contribution >= 0.6 is 11.3 Å². The van der Waals surface area contributed by atoms with Gasteiger partial charge in [0.05, 0.1) is 6.54 Å². The van der Waals surface area contributed by atoms with Crippen molar-refractivity contribution in [2.75, 3.05) is 13.7 Å². The van der Waals surface area contributed by atoms with Crippen molar-refractivity contribution in [3.8, 4) is 0 Å². The summed E-state index contributed by atoms with van der Waals surface area (Å²) in [5.41, 5.74) is 1.68. The summed E-state index contributed by atoms with van der Waals surface area (Å²) in [6, 6.07) is 22.8. The lowest BCUT2D eigenvalue weighted by atomic mass is 9.91. The van der Waals surface area contributed by atoms with E-state index < -0.39 is 11.9 Å². The lowest BCUT2D eigenvalue weighted by Gasteiger charge is -2.19. The zero-order valence-electron chi connectivity index (χ0n) is 15.1. The van der Waals surface area contributed by atoms with Gasteiger partial charge in [-0.3, -0.25) is 9.59 Å². The molecule has 0 atom stereocenters. The van der Waals surface area contributed by atoms with Gasteiger partial charge in [0.2, 0.25) is 0 Å². The van der Waals surface area contributed by atoms with Crippen molar-refractivity contribution in [3.05, 3.63) is 94.2 Å². The summed E-state index contributed by atoms with van der Waals surface area (Å²) < 4.78 is 5.39. The minimum Gasteiger partial charge on any atom is -0.455 e. The Bertz CT molecular complexity index is 824. The predicted molar refractivity (Wildman–Crippen MR) is 106 cm³/mol. The summed E-state index contributed by atoms with van der Waals surface area (Å²) in [6.07, 6.45) is 0. The summed E-state index contributed by atoms with van der Waals surface area (Å²) >= 11 is 1.59. The van der Waals surface area contributed by atoms with Gasteiger partial charge in [0, 0.05) is 11.9 Å². The molecule has 0 saturated carbocycles. The molecular formula is C22H21NO3S. The fourth-order valence-electron chi connectivity index (χ4n) is 2.81. The van der Waals surface area contributed by atoms with Gasteiger partial charge in [-0.25, -0.2) is 0 Å². The van der Waals surface area contributed by atoms with Crippen molar-refractivity contribution in [2.45, 2.75) is 12.5 Å². The van der Waals surface area contributed by atoms with E-state index in [4.69, 9.17) is 4.74 Å². The molecule has 1 heterocycles. The molecule has 1 aromatic heterocycles. The van der Waals surface area contributed by atoms with Crippen molar-refractivity contribution in [3.63, 3.8) is 0 Å². The van der Waals surface area contributed by atoms with Gasteiger partial charge < -0.3 is 9.64 Å². The van der Waals surface area contributed by atoms with E-state index in [9.17, 15) is 9.59 Å². The van der Waals surface area contributed by atoms with Crippen LogP contribution in [-0.2, 0) is 20.9 Å². The molecule has 0 aliphatic rings. The molecule has 0 radical (unpaired) electrons. The molecule has 27 heavy (non-hydrogen) atoms. The second-order valence-electron chi connectivity index (χ2n) is 6.19. The maximum atomic E-state index is 12.8. The van der Waals surface area contributed by atoms with Gasteiger partial charge >= 0.3 is 5.97 Å². The first-order valence-electron chi connectivity index (χ1n) is 8.68. The van der Waals surface area contributed by atoms with Crippen molar-refractivity contribution in [1.29, 1.82) is 0 Å². The lowest BCUT2D eigenvalue weighted by molar-refractivity contribution is -0.152. The first-order chi connectivity index (χ1) is 13.1. The normalized spacial score (nSPS) is 10.6. The minimum atomic E-state index is -0.553. The number of likely N-dealkylation sites (N-methyl/N-ethyl adjacent to an activating group) is 1. The number of rotatable bonds is 7. The number of carbonyl (C=O) groups excluding carboxylic acids is 2. The molecule has 1 amide bonds. The van der Waals surface area contributed by atoms with Gasteiger partial charge in [-0.05, 0) is 22.6 Å². The number of amides is 1. The third-order valence-electron chi connectivity index (χ3n) is 4.24. The van der Waals surface area contributed by atoms with Crippen molar-refractivity contribution in [1.82, 2.24) is 4.90 Å². The Morgan fingerprint density at radius 1 is 0.926 bits per heavy atom. The van der Waals surface area contributed by atoms with Gasteiger partial charge in [-0.15, -0.1) is 11.3 Å². The maximum absolute atomic E-state index is 12.8. The molecule has 0 fully saturated rings. The Labute approximate surface area is 163 Å². The van der Waals surface area contributed by atoms with Crippen LogP contribution in [0.3, 0.4) is 0 Å². The lowest BCUT2D eigenvalue weighted by Crippen LogP contribution is -2.31. The highest BCUT2D eigenvalue weighted by Gasteiger charge is 2.25. The van der Waals surface area contributed by atoms with Crippen molar-refractivity contribution in [2.24, 2.45) is 0 Å². The molecule has 5 heteroatoms. The van der Waals surface area contributed by atoms with Crippen LogP contribution < -0.4 is 0 Å². The average molecular weight is 379 g/mol. The summed E-state index contributed by atoms with van der Waals surface area (Å²) in [5, 5.41) is 1.97. The molecule has 2 aromatic carbocycles. The molecule has 3 aromatic rings. The Kier molecular flexibility index (Phi) is 6.39. The van der Waals surface area contributed by atoms with Crippen molar-refractivity contribution < 1.29 is 14.3 Å². The number of carbonyl (C=O) groups is 2. The Balaban J connectivity index is 1.67. The quantitative estimate of drug-likeness (QED) is 0.581. The van der Waals surface area contributed by atoms with E-state index in [-0.39, 0.29) is 12.5 Å². The average Bonchev–Trinajstić information content (AvgIpc) is 3.21. The number of nitrogens with zero attached hydrogens (tertiary/aromatic N) is 1. The van der Waals surface area contributed by atoms with Crippen LogP contribution in [-0.4, -0.2) is 30.4 Å².